The smallest absolute Gasteiger partial charge is 0.315 e. The third kappa shape index (κ3) is 5.12. The van der Waals surface area contributed by atoms with Crippen molar-refractivity contribution in [3.8, 4) is 0 Å². The van der Waals surface area contributed by atoms with E-state index in [-0.39, 0.29) is 5.82 Å². The number of rotatable bonds is 5. The van der Waals surface area contributed by atoms with E-state index in [4.69, 9.17) is 23.2 Å². The van der Waals surface area contributed by atoms with Crippen molar-refractivity contribution in [3.63, 3.8) is 0 Å². The number of halogens is 3. The minimum absolute atomic E-state index is 0.368. The second kappa shape index (κ2) is 8.18. The fourth-order valence-electron chi connectivity index (χ4n) is 2.06. The van der Waals surface area contributed by atoms with Crippen LogP contribution in [0.4, 0.5) is 9.18 Å². The van der Waals surface area contributed by atoms with Gasteiger partial charge in [0.15, 0.2) is 0 Å². The average Bonchev–Trinajstić information content (AvgIpc) is 2.54. The fourth-order valence-corrected chi connectivity index (χ4v) is 2.48. The molecule has 0 aliphatic rings. The number of hydrogen-bond acceptors (Lipinski definition) is 1. The van der Waals surface area contributed by atoms with Crippen molar-refractivity contribution >= 4 is 29.2 Å². The Bertz CT molecular complexity index is 665. The van der Waals surface area contributed by atoms with Gasteiger partial charge in [-0.1, -0.05) is 42.5 Å². The lowest BCUT2D eigenvalue weighted by molar-refractivity contribution is 0.237. The van der Waals surface area contributed by atoms with E-state index >= 15 is 0 Å². The zero-order valence-electron chi connectivity index (χ0n) is 12.5. The molecule has 0 aliphatic carbocycles. The number of aryl methyl sites for hydroxylation is 1. The Morgan fingerprint density at radius 3 is 2.48 bits per heavy atom. The largest absolute Gasteiger partial charge is 0.334 e. The quantitative estimate of drug-likeness (QED) is 0.763. The predicted molar refractivity (Wildman–Crippen MR) is 91.2 cm³/mol. The number of hydrogen-bond donors (Lipinski definition) is 2. The number of nitrogens with one attached hydrogen (secondary N) is 2. The molecule has 2 aromatic rings. The summed E-state index contributed by atoms with van der Waals surface area (Å²) in [6.45, 7) is 2.03. The molecule has 122 valence electrons. The summed E-state index contributed by atoms with van der Waals surface area (Å²) in [7, 11) is 0. The van der Waals surface area contributed by atoms with Crippen LogP contribution in [0.25, 0.3) is 0 Å². The van der Waals surface area contributed by atoms with Crippen molar-refractivity contribution in [2.45, 2.75) is 24.3 Å². The SMILES string of the molecule is Cc1ccc([C@@H](NC(=O)NCc2ccccc2)C(Cl)Cl)cc1F. The highest BCUT2D eigenvalue weighted by Gasteiger charge is 2.22. The molecule has 0 saturated heterocycles. The standard InChI is InChI=1S/C17H17Cl2FN2O/c1-11-7-8-13(9-14(11)20)15(16(18)19)22-17(23)21-10-12-5-3-2-4-6-12/h2-9,15-16H,10H2,1H3,(H2,21,22,23)/t15-/m1/s1. The summed E-state index contributed by atoms with van der Waals surface area (Å²) >= 11 is 11.9. The van der Waals surface area contributed by atoms with Crippen LogP contribution in [0, 0.1) is 12.7 Å². The summed E-state index contributed by atoms with van der Waals surface area (Å²) in [5, 5.41) is 5.39. The minimum atomic E-state index is -0.903. The van der Waals surface area contributed by atoms with Crippen LogP contribution in [0.2, 0.25) is 0 Å². The molecule has 0 unspecified atom stereocenters. The van der Waals surface area contributed by atoms with Crippen LogP contribution in [-0.4, -0.2) is 10.9 Å². The van der Waals surface area contributed by atoms with Crippen molar-refractivity contribution in [1.29, 1.82) is 0 Å². The molecule has 0 fully saturated rings. The van der Waals surface area contributed by atoms with E-state index in [0.29, 0.717) is 17.7 Å². The van der Waals surface area contributed by atoms with Gasteiger partial charge in [0.1, 0.15) is 10.7 Å². The molecular weight excluding hydrogens is 338 g/mol. The maximum atomic E-state index is 13.7. The highest BCUT2D eigenvalue weighted by Crippen LogP contribution is 2.25. The van der Waals surface area contributed by atoms with Crippen molar-refractivity contribution < 1.29 is 9.18 Å². The van der Waals surface area contributed by atoms with Gasteiger partial charge < -0.3 is 10.6 Å². The first-order valence-electron chi connectivity index (χ1n) is 7.10. The summed E-state index contributed by atoms with van der Waals surface area (Å²) in [5.74, 6) is -0.368. The topological polar surface area (TPSA) is 41.1 Å². The lowest BCUT2D eigenvalue weighted by Gasteiger charge is -2.21. The van der Waals surface area contributed by atoms with Gasteiger partial charge in [0, 0.05) is 6.54 Å². The summed E-state index contributed by atoms with van der Waals surface area (Å²) in [6.07, 6.45) is 0. The van der Waals surface area contributed by atoms with E-state index in [0.717, 1.165) is 5.56 Å². The zero-order chi connectivity index (χ0) is 16.8. The Labute approximate surface area is 144 Å². The van der Waals surface area contributed by atoms with E-state index in [9.17, 15) is 9.18 Å². The number of benzene rings is 2. The van der Waals surface area contributed by atoms with E-state index in [2.05, 4.69) is 10.6 Å². The Kier molecular flexibility index (Phi) is 6.25. The molecule has 0 spiro atoms. The lowest BCUT2D eigenvalue weighted by atomic mass is 10.1. The second-order valence-electron chi connectivity index (χ2n) is 5.13. The van der Waals surface area contributed by atoms with Crippen LogP contribution in [0.5, 0.6) is 0 Å². The average molecular weight is 355 g/mol. The van der Waals surface area contributed by atoms with Gasteiger partial charge in [0.2, 0.25) is 0 Å². The van der Waals surface area contributed by atoms with Gasteiger partial charge >= 0.3 is 6.03 Å². The van der Waals surface area contributed by atoms with Crippen molar-refractivity contribution in [2.24, 2.45) is 0 Å². The molecule has 0 aliphatic heterocycles. The van der Waals surface area contributed by atoms with Crippen LogP contribution in [0.3, 0.4) is 0 Å². The molecule has 6 heteroatoms. The third-order valence-electron chi connectivity index (χ3n) is 3.39. The van der Waals surface area contributed by atoms with Gasteiger partial charge in [0.25, 0.3) is 0 Å². The molecule has 2 aromatic carbocycles. The van der Waals surface area contributed by atoms with Crippen LogP contribution in [0.1, 0.15) is 22.7 Å². The van der Waals surface area contributed by atoms with E-state index in [1.807, 2.05) is 30.3 Å². The van der Waals surface area contributed by atoms with Crippen molar-refractivity contribution in [1.82, 2.24) is 10.6 Å². The van der Waals surface area contributed by atoms with Gasteiger partial charge in [0.05, 0.1) is 6.04 Å². The zero-order valence-corrected chi connectivity index (χ0v) is 14.0. The van der Waals surface area contributed by atoms with Gasteiger partial charge in [-0.25, -0.2) is 9.18 Å². The van der Waals surface area contributed by atoms with Crippen LogP contribution in [-0.2, 0) is 6.54 Å². The summed E-state index contributed by atoms with van der Waals surface area (Å²) < 4.78 is 13.7. The first kappa shape index (κ1) is 17.6. The molecule has 0 radical (unpaired) electrons. The van der Waals surface area contributed by atoms with Crippen LogP contribution < -0.4 is 10.6 Å². The van der Waals surface area contributed by atoms with E-state index in [1.54, 1.807) is 19.1 Å². The van der Waals surface area contributed by atoms with Gasteiger partial charge in [-0.3, -0.25) is 0 Å². The molecule has 1 atom stereocenters. The van der Waals surface area contributed by atoms with E-state index in [1.165, 1.54) is 6.07 Å². The molecule has 2 amide bonds. The van der Waals surface area contributed by atoms with Crippen molar-refractivity contribution in [2.75, 3.05) is 0 Å². The molecule has 2 N–H and O–H groups in total. The normalized spacial score (nSPS) is 12.0. The number of carbonyl (C=O) groups excluding carboxylic acids is 1. The molecule has 0 heterocycles. The third-order valence-corrected chi connectivity index (χ3v) is 3.89. The molecular formula is C17H17Cl2FN2O. The predicted octanol–water partition coefficient (Wildman–Crippen LogP) is 4.48. The Hall–Kier alpha value is -1.78. The van der Waals surface area contributed by atoms with Crippen molar-refractivity contribution in [3.05, 3.63) is 71.0 Å². The second-order valence-corrected chi connectivity index (χ2v) is 6.30. The Morgan fingerprint density at radius 2 is 1.87 bits per heavy atom. The molecule has 0 bridgehead atoms. The number of urea groups is 1. The molecule has 3 nitrogen and oxygen atoms in total. The Balaban J connectivity index is 2.01. The first-order valence-corrected chi connectivity index (χ1v) is 7.97. The summed E-state index contributed by atoms with van der Waals surface area (Å²) in [4.78, 5) is 11.1. The van der Waals surface area contributed by atoms with Gasteiger partial charge in [-0.2, -0.15) is 0 Å². The number of amides is 2. The monoisotopic (exact) mass is 354 g/mol. The van der Waals surface area contributed by atoms with Crippen LogP contribution >= 0.6 is 23.2 Å². The molecule has 0 aromatic heterocycles. The number of carbonyl (C=O) groups is 1. The first-order chi connectivity index (χ1) is 11.0. The summed E-state index contributed by atoms with van der Waals surface area (Å²) in [5.41, 5.74) is 1.99. The Morgan fingerprint density at radius 1 is 1.17 bits per heavy atom. The summed E-state index contributed by atoms with van der Waals surface area (Å²) in [6, 6.07) is 13.0. The highest BCUT2D eigenvalue weighted by atomic mass is 35.5. The van der Waals surface area contributed by atoms with Gasteiger partial charge in [-0.05, 0) is 29.7 Å². The number of alkyl halides is 2. The van der Waals surface area contributed by atoms with E-state index < -0.39 is 16.9 Å². The molecule has 2 rings (SSSR count). The van der Waals surface area contributed by atoms with Gasteiger partial charge in [-0.15, -0.1) is 23.2 Å². The maximum absolute atomic E-state index is 13.7. The highest BCUT2D eigenvalue weighted by molar-refractivity contribution is 6.44. The lowest BCUT2D eigenvalue weighted by Crippen LogP contribution is -2.39. The molecule has 23 heavy (non-hydrogen) atoms. The minimum Gasteiger partial charge on any atom is -0.334 e. The fraction of sp³-hybridized carbons (Fsp3) is 0.235. The molecule has 0 saturated carbocycles. The van der Waals surface area contributed by atoms with Crippen LogP contribution in [0.15, 0.2) is 48.5 Å². The maximum Gasteiger partial charge on any atom is 0.315 e.